The fourth-order valence-electron chi connectivity index (χ4n) is 3.15. The molecule has 4 rings (SSSR count). The highest BCUT2D eigenvalue weighted by Crippen LogP contribution is 2.35. The molecule has 32 heavy (non-hydrogen) atoms. The van der Waals surface area contributed by atoms with E-state index in [2.05, 4.69) is 20.5 Å². The number of hydrogen-bond acceptors (Lipinski definition) is 4. The van der Waals surface area contributed by atoms with E-state index < -0.39 is 10.8 Å². The van der Waals surface area contributed by atoms with Gasteiger partial charge in [0.2, 0.25) is 11.0 Å². The van der Waals surface area contributed by atoms with Crippen molar-refractivity contribution in [3.63, 3.8) is 0 Å². The summed E-state index contributed by atoms with van der Waals surface area (Å²) < 4.78 is 13.1. The Morgan fingerprint density at radius 3 is 2.41 bits per heavy atom. The van der Waals surface area contributed by atoms with E-state index in [1.54, 1.807) is 6.20 Å². The molecule has 3 aromatic carbocycles. The molecule has 0 bridgehead atoms. The number of benzene rings is 3. The Hall–Kier alpha value is -3.62. The van der Waals surface area contributed by atoms with Gasteiger partial charge in [0.05, 0.1) is 27.0 Å². The molecular weight excluding hydrogens is 440 g/mol. The van der Waals surface area contributed by atoms with E-state index in [0.29, 0.717) is 16.3 Å². The third-order valence-corrected chi connectivity index (χ3v) is 6.31. The Kier molecular flexibility index (Phi) is 6.84. The predicted molar refractivity (Wildman–Crippen MR) is 133 cm³/mol. The molecule has 0 unspecified atom stereocenters. The second kappa shape index (κ2) is 10.1. The first-order chi connectivity index (χ1) is 15.6. The summed E-state index contributed by atoms with van der Waals surface area (Å²) in [5, 5.41) is 21.9. The number of para-hydroxylation sites is 1. The van der Waals surface area contributed by atoms with Gasteiger partial charge in [-0.3, -0.25) is 4.21 Å². The van der Waals surface area contributed by atoms with Crippen LogP contribution in [0.1, 0.15) is 11.1 Å². The summed E-state index contributed by atoms with van der Waals surface area (Å²) >= 11 is 5.27. The average Bonchev–Trinajstić information content (AvgIpc) is 3.14. The van der Waals surface area contributed by atoms with Crippen molar-refractivity contribution in [2.45, 2.75) is 5.75 Å². The minimum atomic E-state index is -1.31. The van der Waals surface area contributed by atoms with Crippen molar-refractivity contribution in [2.24, 2.45) is 10.2 Å². The molecular formula is C24H20N4O2S2. The first kappa shape index (κ1) is 21.6. The van der Waals surface area contributed by atoms with Crippen LogP contribution in [-0.2, 0) is 16.6 Å². The fourth-order valence-corrected chi connectivity index (χ4v) is 4.49. The highest BCUT2D eigenvalue weighted by atomic mass is 32.2. The molecule has 8 heteroatoms. The van der Waals surface area contributed by atoms with Gasteiger partial charge in [0.15, 0.2) is 5.69 Å². The number of H-pyrrole nitrogens is 1. The molecule has 4 aromatic rings. The topological polar surface area (TPSA) is 89.8 Å². The Labute approximate surface area is 193 Å². The smallest absolute Gasteiger partial charge is 0.218 e. The molecule has 0 fully saturated rings. The normalized spacial score (nSPS) is 12.8. The number of azo groups is 1. The minimum Gasteiger partial charge on any atom is -0.493 e. The van der Waals surface area contributed by atoms with Crippen molar-refractivity contribution in [1.82, 2.24) is 10.3 Å². The summed E-state index contributed by atoms with van der Waals surface area (Å²) in [6.07, 6.45) is 1.60. The van der Waals surface area contributed by atoms with Crippen molar-refractivity contribution < 1.29 is 9.32 Å². The molecule has 0 saturated heterocycles. The number of nitrogens with zero attached hydrogens (tertiary/aromatic N) is 2. The van der Waals surface area contributed by atoms with Gasteiger partial charge in [-0.05, 0) is 29.4 Å². The summed E-state index contributed by atoms with van der Waals surface area (Å²) in [6.45, 7) is 0. The summed E-state index contributed by atoms with van der Waals surface area (Å²) in [4.78, 5) is 3.45. The van der Waals surface area contributed by atoms with Gasteiger partial charge >= 0.3 is 0 Å². The van der Waals surface area contributed by atoms with Crippen LogP contribution in [0.15, 0.2) is 101 Å². The molecule has 1 aromatic heterocycles. The zero-order chi connectivity index (χ0) is 22.3. The van der Waals surface area contributed by atoms with E-state index in [-0.39, 0.29) is 11.0 Å². The van der Waals surface area contributed by atoms with E-state index in [1.807, 2.05) is 84.9 Å². The van der Waals surface area contributed by atoms with Crippen molar-refractivity contribution in [2.75, 3.05) is 0 Å². The van der Waals surface area contributed by atoms with Crippen molar-refractivity contribution in [1.29, 1.82) is 0 Å². The van der Waals surface area contributed by atoms with Gasteiger partial charge in [-0.1, -0.05) is 78.9 Å². The Morgan fingerprint density at radius 1 is 1.00 bits per heavy atom. The number of aromatic hydroxyl groups is 1. The van der Waals surface area contributed by atoms with Crippen LogP contribution in [0, 0.1) is 0 Å². The Balaban J connectivity index is 1.54. The van der Waals surface area contributed by atoms with Crippen LogP contribution in [0.3, 0.4) is 0 Å². The second-order valence-electron chi connectivity index (χ2n) is 6.87. The molecule has 1 atom stereocenters. The lowest BCUT2D eigenvalue weighted by Crippen LogP contribution is -2.13. The van der Waals surface area contributed by atoms with Gasteiger partial charge in [-0.15, -0.1) is 10.2 Å². The number of aromatic nitrogens is 1. The summed E-state index contributed by atoms with van der Waals surface area (Å²) in [7, 11) is -1.31. The maximum atomic E-state index is 13.1. The molecule has 0 aliphatic rings. The van der Waals surface area contributed by atoms with Crippen LogP contribution >= 0.6 is 12.2 Å². The van der Waals surface area contributed by atoms with Crippen LogP contribution in [0.2, 0.25) is 0 Å². The average molecular weight is 461 g/mol. The van der Waals surface area contributed by atoms with Gasteiger partial charge in [0.1, 0.15) is 0 Å². The summed E-state index contributed by atoms with van der Waals surface area (Å²) in [5.41, 5.74) is 2.86. The van der Waals surface area contributed by atoms with E-state index in [0.717, 1.165) is 22.0 Å². The third kappa shape index (κ3) is 5.16. The van der Waals surface area contributed by atoms with Crippen LogP contribution in [0.4, 0.5) is 5.69 Å². The van der Waals surface area contributed by atoms with E-state index in [1.165, 1.54) is 0 Å². The third-order valence-electron chi connectivity index (χ3n) is 4.67. The van der Waals surface area contributed by atoms with Gasteiger partial charge in [0, 0.05) is 11.6 Å². The number of thiocarbonyl (C=S) groups is 1. The summed E-state index contributed by atoms with van der Waals surface area (Å²) in [6, 6.07) is 26.5. The van der Waals surface area contributed by atoms with Gasteiger partial charge < -0.3 is 15.4 Å². The molecule has 160 valence electrons. The molecule has 0 saturated carbocycles. The number of nitrogens with one attached hydrogen (secondary N) is 2. The molecule has 3 N–H and O–H groups in total. The number of aromatic amines is 1. The van der Waals surface area contributed by atoms with Crippen molar-refractivity contribution in [3.05, 3.63) is 102 Å². The number of rotatable bonds is 6. The standard InChI is InChI=1S/C24H20N4O2S2/c29-23-22(19-13-7-8-14-20(19)26-23)27-28-24(31)25-15-21(18-11-5-2-6-12-18)32(30)16-17-9-3-1-4-10-17/h1-15,26,29H,16H2,(H,25,31)/b21-15-,28-27?/t32-/m1/s1. The zero-order valence-corrected chi connectivity index (χ0v) is 18.6. The lowest BCUT2D eigenvalue weighted by molar-refractivity contribution is 0.459. The second-order valence-corrected chi connectivity index (χ2v) is 8.67. The predicted octanol–water partition coefficient (Wildman–Crippen LogP) is 5.78. The maximum Gasteiger partial charge on any atom is 0.218 e. The van der Waals surface area contributed by atoms with Crippen LogP contribution in [0.25, 0.3) is 15.8 Å². The van der Waals surface area contributed by atoms with Crippen molar-refractivity contribution in [3.8, 4) is 5.88 Å². The van der Waals surface area contributed by atoms with Crippen LogP contribution < -0.4 is 5.32 Å². The maximum absolute atomic E-state index is 13.1. The Morgan fingerprint density at radius 2 is 1.66 bits per heavy atom. The monoisotopic (exact) mass is 460 g/mol. The lowest BCUT2D eigenvalue weighted by Gasteiger charge is -2.09. The molecule has 0 aliphatic heterocycles. The summed E-state index contributed by atoms with van der Waals surface area (Å²) in [5.74, 6) is 0.294. The SMILES string of the molecule is O=[S@](Cc1ccccc1)/C(=C\NC(=S)N=Nc1c(O)[nH]c2ccccc12)c1ccccc1. The van der Waals surface area contributed by atoms with E-state index in [4.69, 9.17) is 12.2 Å². The molecule has 0 amide bonds. The highest BCUT2D eigenvalue weighted by molar-refractivity contribution is 7.93. The lowest BCUT2D eigenvalue weighted by atomic mass is 10.2. The van der Waals surface area contributed by atoms with Gasteiger partial charge in [0.25, 0.3) is 0 Å². The number of hydrogen-bond donors (Lipinski definition) is 3. The molecule has 0 radical (unpaired) electrons. The molecule has 0 aliphatic carbocycles. The van der Waals surface area contributed by atoms with Crippen molar-refractivity contribution >= 4 is 49.6 Å². The first-order valence-corrected chi connectivity index (χ1v) is 11.5. The Bertz CT molecular complexity index is 1320. The minimum absolute atomic E-state index is 0.0813. The largest absolute Gasteiger partial charge is 0.493 e. The molecule has 1 heterocycles. The highest BCUT2D eigenvalue weighted by Gasteiger charge is 2.12. The van der Waals surface area contributed by atoms with Crippen LogP contribution in [0.5, 0.6) is 5.88 Å². The van der Waals surface area contributed by atoms with E-state index in [9.17, 15) is 9.32 Å². The fraction of sp³-hybridized carbons (Fsp3) is 0.0417. The molecule has 0 spiro atoms. The van der Waals surface area contributed by atoms with Gasteiger partial charge in [-0.2, -0.15) is 0 Å². The van der Waals surface area contributed by atoms with Gasteiger partial charge in [-0.25, -0.2) is 0 Å². The molecule has 6 nitrogen and oxygen atoms in total. The first-order valence-electron chi connectivity index (χ1n) is 9.81. The zero-order valence-electron chi connectivity index (χ0n) is 16.9. The van der Waals surface area contributed by atoms with Crippen LogP contribution in [-0.4, -0.2) is 19.4 Å². The number of fused-ring (bicyclic) bond motifs is 1. The van der Waals surface area contributed by atoms with E-state index >= 15 is 0 Å². The quantitative estimate of drug-likeness (QED) is 0.251.